The number of hydrogen-bond donors (Lipinski definition) is 1. The van der Waals surface area contributed by atoms with Crippen molar-refractivity contribution in [1.29, 1.82) is 0 Å². The highest BCUT2D eigenvalue weighted by molar-refractivity contribution is 5.73. The fourth-order valence-corrected chi connectivity index (χ4v) is 3.60. The normalized spacial score (nSPS) is 40.7. The summed E-state index contributed by atoms with van der Waals surface area (Å²) in [6.07, 6.45) is 2.88. The summed E-state index contributed by atoms with van der Waals surface area (Å²) < 4.78 is 5.43. The first-order chi connectivity index (χ1) is 7.49. The van der Waals surface area contributed by atoms with Crippen LogP contribution in [0.4, 0.5) is 0 Å². The number of hydrogen-bond acceptors (Lipinski definition) is 3. The van der Waals surface area contributed by atoms with Crippen molar-refractivity contribution >= 4 is 5.97 Å². The molecule has 3 aliphatic rings. The van der Waals surface area contributed by atoms with Crippen LogP contribution in [0.5, 0.6) is 0 Å². The van der Waals surface area contributed by atoms with Gasteiger partial charge in [0.2, 0.25) is 0 Å². The van der Waals surface area contributed by atoms with Gasteiger partial charge in [0.05, 0.1) is 12.5 Å². The molecule has 3 atom stereocenters. The molecule has 0 amide bonds. The van der Waals surface area contributed by atoms with E-state index in [1.165, 1.54) is 11.1 Å². The molecule has 1 saturated heterocycles. The fraction of sp³-hybridized carbons (Fsp3) is 0.769. The summed E-state index contributed by atoms with van der Waals surface area (Å²) in [5.41, 5.74) is 2.47. The third-order valence-electron chi connectivity index (χ3n) is 4.40. The number of fused-ring (bicyclic) bond motifs is 2. The average molecular weight is 222 g/mol. The van der Waals surface area contributed by atoms with Crippen LogP contribution in [-0.4, -0.2) is 23.3 Å². The minimum absolute atomic E-state index is 0.0348. The van der Waals surface area contributed by atoms with E-state index in [0.717, 1.165) is 19.3 Å². The summed E-state index contributed by atoms with van der Waals surface area (Å²) in [6, 6.07) is 0. The van der Waals surface area contributed by atoms with Gasteiger partial charge in [-0.15, -0.1) is 0 Å². The maximum absolute atomic E-state index is 11.3. The number of esters is 1. The quantitative estimate of drug-likeness (QED) is 0.502. The Morgan fingerprint density at radius 2 is 2.12 bits per heavy atom. The standard InChI is InChI=1S/C13H18O3/c1-13(2)4-3-9(14)8-5-7-6-10(15)16-12(7)11(8)13/h7,9,12,14H,3-6H2,1-2H3/t7-,9+,12+/m1/s1. The third-order valence-corrected chi connectivity index (χ3v) is 4.40. The topological polar surface area (TPSA) is 46.5 Å². The monoisotopic (exact) mass is 222 g/mol. The highest BCUT2D eigenvalue weighted by Crippen LogP contribution is 2.53. The molecule has 1 aliphatic heterocycles. The van der Waals surface area contributed by atoms with E-state index in [9.17, 15) is 9.90 Å². The molecule has 3 nitrogen and oxygen atoms in total. The molecule has 0 aromatic rings. The van der Waals surface area contributed by atoms with Crippen LogP contribution in [0.15, 0.2) is 11.1 Å². The van der Waals surface area contributed by atoms with Crippen LogP contribution in [0, 0.1) is 11.3 Å². The predicted molar refractivity (Wildman–Crippen MR) is 58.7 cm³/mol. The van der Waals surface area contributed by atoms with Crippen molar-refractivity contribution in [2.24, 2.45) is 11.3 Å². The van der Waals surface area contributed by atoms with Crippen LogP contribution in [-0.2, 0) is 9.53 Å². The summed E-state index contributed by atoms with van der Waals surface area (Å²) >= 11 is 0. The summed E-state index contributed by atoms with van der Waals surface area (Å²) in [5, 5.41) is 10.0. The molecule has 0 aromatic heterocycles. The van der Waals surface area contributed by atoms with Gasteiger partial charge in [0, 0.05) is 5.92 Å². The lowest BCUT2D eigenvalue weighted by Crippen LogP contribution is -2.31. The first-order valence-corrected chi connectivity index (χ1v) is 6.10. The highest BCUT2D eigenvalue weighted by atomic mass is 16.6. The first kappa shape index (κ1) is 10.3. The summed E-state index contributed by atoms with van der Waals surface area (Å²) in [4.78, 5) is 11.3. The van der Waals surface area contributed by atoms with Crippen molar-refractivity contribution in [1.82, 2.24) is 0 Å². The Bertz CT molecular complexity index is 381. The van der Waals surface area contributed by atoms with Crippen LogP contribution >= 0.6 is 0 Å². The van der Waals surface area contributed by atoms with Crippen molar-refractivity contribution in [3.63, 3.8) is 0 Å². The zero-order valence-corrected chi connectivity index (χ0v) is 9.82. The number of rotatable bonds is 0. The lowest BCUT2D eigenvalue weighted by atomic mass is 9.71. The molecule has 0 bridgehead atoms. The van der Waals surface area contributed by atoms with Crippen molar-refractivity contribution in [3.05, 3.63) is 11.1 Å². The number of aliphatic hydroxyl groups excluding tert-OH is 1. The van der Waals surface area contributed by atoms with E-state index in [-0.39, 0.29) is 23.6 Å². The fourth-order valence-electron chi connectivity index (χ4n) is 3.60. The largest absolute Gasteiger partial charge is 0.457 e. The van der Waals surface area contributed by atoms with Crippen LogP contribution < -0.4 is 0 Å². The van der Waals surface area contributed by atoms with Crippen LogP contribution in [0.2, 0.25) is 0 Å². The van der Waals surface area contributed by atoms with Gasteiger partial charge in [0.1, 0.15) is 6.10 Å². The third kappa shape index (κ3) is 1.27. The Morgan fingerprint density at radius 1 is 1.38 bits per heavy atom. The molecule has 1 heterocycles. The molecule has 0 radical (unpaired) electrons. The molecular weight excluding hydrogens is 204 g/mol. The van der Waals surface area contributed by atoms with Crippen molar-refractivity contribution in [2.45, 2.75) is 51.7 Å². The zero-order valence-electron chi connectivity index (χ0n) is 9.82. The molecule has 2 aliphatic carbocycles. The Balaban J connectivity index is 2.02. The Labute approximate surface area is 95.5 Å². The van der Waals surface area contributed by atoms with E-state index >= 15 is 0 Å². The number of carbonyl (C=O) groups is 1. The van der Waals surface area contributed by atoms with Gasteiger partial charge in [-0.05, 0) is 35.8 Å². The number of ether oxygens (including phenoxy) is 1. The second-order valence-corrected chi connectivity index (χ2v) is 5.96. The SMILES string of the molecule is CC1(C)CC[C@H](O)C2=C1[C@H]1OC(=O)C[C@H]1C2. The Kier molecular flexibility index (Phi) is 2.00. The van der Waals surface area contributed by atoms with Gasteiger partial charge in [-0.3, -0.25) is 4.79 Å². The van der Waals surface area contributed by atoms with Crippen LogP contribution in [0.1, 0.15) is 39.5 Å². The predicted octanol–water partition coefficient (Wildman–Crippen LogP) is 1.80. The Hall–Kier alpha value is -0.830. The second kappa shape index (κ2) is 3.10. The highest BCUT2D eigenvalue weighted by Gasteiger charge is 2.51. The van der Waals surface area contributed by atoms with Gasteiger partial charge in [0.25, 0.3) is 0 Å². The minimum atomic E-state index is -0.299. The van der Waals surface area contributed by atoms with Gasteiger partial charge >= 0.3 is 5.97 Å². The zero-order chi connectivity index (χ0) is 11.5. The molecule has 1 fully saturated rings. The summed E-state index contributed by atoms with van der Waals surface area (Å²) in [6.45, 7) is 4.39. The number of carbonyl (C=O) groups excluding carboxylic acids is 1. The second-order valence-electron chi connectivity index (χ2n) is 5.96. The molecular formula is C13H18O3. The van der Waals surface area contributed by atoms with E-state index < -0.39 is 0 Å². The van der Waals surface area contributed by atoms with Gasteiger partial charge in [-0.25, -0.2) is 0 Å². The maximum Gasteiger partial charge on any atom is 0.306 e. The lowest BCUT2D eigenvalue weighted by Gasteiger charge is -2.36. The van der Waals surface area contributed by atoms with E-state index in [4.69, 9.17) is 4.74 Å². The molecule has 0 saturated carbocycles. The Morgan fingerprint density at radius 3 is 2.88 bits per heavy atom. The smallest absolute Gasteiger partial charge is 0.306 e. The summed E-state index contributed by atoms with van der Waals surface area (Å²) in [5.74, 6) is 0.224. The van der Waals surface area contributed by atoms with E-state index in [1.807, 2.05) is 0 Å². The summed E-state index contributed by atoms with van der Waals surface area (Å²) in [7, 11) is 0. The first-order valence-electron chi connectivity index (χ1n) is 6.10. The van der Waals surface area contributed by atoms with E-state index in [0.29, 0.717) is 12.3 Å². The molecule has 88 valence electrons. The lowest BCUT2D eigenvalue weighted by molar-refractivity contribution is -0.140. The van der Waals surface area contributed by atoms with Crippen LogP contribution in [0.25, 0.3) is 0 Å². The number of aliphatic hydroxyl groups is 1. The van der Waals surface area contributed by atoms with Gasteiger partial charge in [0.15, 0.2) is 0 Å². The van der Waals surface area contributed by atoms with Crippen LogP contribution in [0.3, 0.4) is 0 Å². The molecule has 3 rings (SSSR count). The van der Waals surface area contributed by atoms with Crippen molar-refractivity contribution in [3.8, 4) is 0 Å². The molecule has 1 N–H and O–H groups in total. The van der Waals surface area contributed by atoms with Crippen molar-refractivity contribution < 1.29 is 14.6 Å². The molecule has 0 unspecified atom stereocenters. The van der Waals surface area contributed by atoms with Gasteiger partial charge in [-0.1, -0.05) is 13.8 Å². The van der Waals surface area contributed by atoms with Crippen molar-refractivity contribution in [2.75, 3.05) is 0 Å². The van der Waals surface area contributed by atoms with Gasteiger partial charge in [-0.2, -0.15) is 0 Å². The minimum Gasteiger partial charge on any atom is -0.457 e. The van der Waals surface area contributed by atoms with E-state index in [2.05, 4.69) is 13.8 Å². The maximum atomic E-state index is 11.3. The molecule has 16 heavy (non-hydrogen) atoms. The van der Waals surface area contributed by atoms with Gasteiger partial charge < -0.3 is 9.84 Å². The average Bonchev–Trinajstić information content (AvgIpc) is 2.67. The van der Waals surface area contributed by atoms with E-state index in [1.54, 1.807) is 0 Å². The molecule has 0 aromatic carbocycles. The molecule has 0 spiro atoms. The molecule has 3 heteroatoms.